The molecule has 0 bridgehead atoms. The van der Waals surface area contributed by atoms with Crippen LogP contribution in [0, 0.1) is 0 Å². The van der Waals surface area contributed by atoms with Crippen LogP contribution < -0.4 is 10.6 Å². The number of nitrogens with one attached hydrogen (secondary N) is 2. The number of nitrogens with zero attached hydrogens (tertiary/aromatic N) is 1. The van der Waals surface area contributed by atoms with Gasteiger partial charge in [0.25, 0.3) is 5.91 Å². The molecule has 0 saturated carbocycles. The highest BCUT2D eigenvalue weighted by Gasteiger charge is 2.39. The third-order valence-electron chi connectivity index (χ3n) is 5.80. The van der Waals surface area contributed by atoms with E-state index in [1.165, 1.54) is 4.90 Å². The number of allylic oxidation sites excluding steroid dienone is 3. The molecule has 1 unspecified atom stereocenters. The minimum atomic E-state index is -0.652. The van der Waals surface area contributed by atoms with Gasteiger partial charge in [-0.2, -0.15) is 0 Å². The number of imide groups is 1. The first-order chi connectivity index (χ1) is 16.0. The number of carbonyl (C=O) groups excluding carboxylic acids is 4. The van der Waals surface area contributed by atoms with Crippen molar-refractivity contribution >= 4 is 29.2 Å². The summed E-state index contributed by atoms with van der Waals surface area (Å²) >= 11 is 0. The lowest BCUT2D eigenvalue weighted by Crippen LogP contribution is -2.52. The summed E-state index contributed by atoms with van der Waals surface area (Å²) in [5.74, 6) is -1.18. The maximum absolute atomic E-state index is 12.9. The Hall–Kier alpha value is -4.00. The number of hydrogen-bond acceptors (Lipinski definition) is 4. The van der Waals surface area contributed by atoms with Crippen LogP contribution in [-0.4, -0.2) is 34.6 Å². The smallest absolute Gasteiger partial charge is 0.255 e. The molecule has 2 aromatic rings. The van der Waals surface area contributed by atoms with Crippen molar-refractivity contribution in [1.29, 1.82) is 0 Å². The van der Waals surface area contributed by atoms with Gasteiger partial charge in [0.2, 0.25) is 17.7 Å². The van der Waals surface area contributed by atoms with Crippen LogP contribution in [0.1, 0.15) is 46.8 Å². The Morgan fingerprint density at radius 2 is 1.94 bits per heavy atom. The second-order valence-electron chi connectivity index (χ2n) is 8.07. The SMILES string of the molecule is C/C=C\C(=C/C(=O)NCc1ccccc1)c1ccc2c(c1)CN(C1CCC(=O)NC1=O)C2=O. The van der Waals surface area contributed by atoms with Crippen molar-refractivity contribution in [3.05, 3.63) is 89.0 Å². The topological polar surface area (TPSA) is 95.6 Å². The summed E-state index contributed by atoms with van der Waals surface area (Å²) in [6, 6.07) is 14.4. The molecule has 2 aromatic carbocycles. The normalized spacial score (nSPS) is 18.5. The third-order valence-corrected chi connectivity index (χ3v) is 5.80. The molecule has 7 heteroatoms. The molecule has 1 saturated heterocycles. The lowest BCUT2D eigenvalue weighted by Gasteiger charge is -2.29. The molecule has 4 amide bonds. The molecule has 2 aliphatic heterocycles. The fourth-order valence-corrected chi connectivity index (χ4v) is 4.14. The van der Waals surface area contributed by atoms with Crippen LogP contribution in [0.15, 0.2) is 66.8 Å². The summed E-state index contributed by atoms with van der Waals surface area (Å²) in [5, 5.41) is 5.20. The predicted molar refractivity (Wildman–Crippen MR) is 124 cm³/mol. The summed E-state index contributed by atoms with van der Waals surface area (Å²) in [6.45, 7) is 2.59. The van der Waals surface area contributed by atoms with Crippen molar-refractivity contribution in [2.24, 2.45) is 0 Å². The van der Waals surface area contributed by atoms with E-state index < -0.39 is 11.9 Å². The highest BCUT2D eigenvalue weighted by Crippen LogP contribution is 2.30. The molecular weight excluding hydrogens is 418 g/mol. The molecule has 2 aliphatic rings. The zero-order valence-corrected chi connectivity index (χ0v) is 18.3. The molecule has 4 rings (SSSR count). The van der Waals surface area contributed by atoms with Gasteiger partial charge in [-0.1, -0.05) is 48.6 Å². The number of fused-ring (bicyclic) bond motifs is 1. The number of benzene rings is 2. The average Bonchev–Trinajstić information content (AvgIpc) is 3.13. The lowest BCUT2D eigenvalue weighted by molar-refractivity contribution is -0.137. The summed E-state index contributed by atoms with van der Waals surface area (Å²) in [4.78, 5) is 50.6. The summed E-state index contributed by atoms with van der Waals surface area (Å²) in [6.07, 6.45) is 5.78. The second kappa shape index (κ2) is 9.65. The monoisotopic (exact) mass is 443 g/mol. The first-order valence-electron chi connectivity index (χ1n) is 10.9. The number of piperidine rings is 1. The van der Waals surface area contributed by atoms with Gasteiger partial charge in [0.15, 0.2) is 0 Å². The maximum Gasteiger partial charge on any atom is 0.255 e. The van der Waals surface area contributed by atoms with Gasteiger partial charge in [-0.15, -0.1) is 0 Å². The van der Waals surface area contributed by atoms with Gasteiger partial charge < -0.3 is 10.2 Å². The van der Waals surface area contributed by atoms with Crippen LogP contribution in [0.2, 0.25) is 0 Å². The van der Waals surface area contributed by atoms with Crippen molar-refractivity contribution in [3.8, 4) is 0 Å². The van der Waals surface area contributed by atoms with E-state index in [1.54, 1.807) is 18.2 Å². The number of hydrogen-bond donors (Lipinski definition) is 2. The number of rotatable bonds is 6. The zero-order valence-electron chi connectivity index (χ0n) is 18.3. The van der Waals surface area contributed by atoms with Gasteiger partial charge >= 0.3 is 0 Å². The van der Waals surface area contributed by atoms with E-state index in [4.69, 9.17) is 0 Å². The van der Waals surface area contributed by atoms with Crippen molar-refractivity contribution in [1.82, 2.24) is 15.5 Å². The lowest BCUT2D eigenvalue weighted by atomic mass is 9.99. The molecule has 7 nitrogen and oxygen atoms in total. The quantitative estimate of drug-likeness (QED) is 0.408. The van der Waals surface area contributed by atoms with Gasteiger partial charge in [0.1, 0.15) is 6.04 Å². The van der Waals surface area contributed by atoms with Crippen LogP contribution in [0.4, 0.5) is 0 Å². The van der Waals surface area contributed by atoms with Crippen LogP contribution in [0.5, 0.6) is 0 Å². The Labute approximate surface area is 192 Å². The number of amides is 4. The summed E-state index contributed by atoms with van der Waals surface area (Å²) < 4.78 is 0. The summed E-state index contributed by atoms with van der Waals surface area (Å²) in [5.41, 5.74) is 3.87. The Morgan fingerprint density at radius 3 is 2.67 bits per heavy atom. The van der Waals surface area contributed by atoms with E-state index in [0.29, 0.717) is 18.5 Å². The second-order valence-corrected chi connectivity index (χ2v) is 8.07. The Balaban J connectivity index is 1.52. The van der Waals surface area contributed by atoms with Gasteiger partial charge in [0.05, 0.1) is 0 Å². The van der Waals surface area contributed by atoms with Crippen molar-refractivity contribution in [2.75, 3.05) is 0 Å². The molecule has 0 aromatic heterocycles. The highest BCUT2D eigenvalue weighted by atomic mass is 16.2. The van der Waals surface area contributed by atoms with Crippen molar-refractivity contribution < 1.29 is 19.2 Å². The predicted octanol–water partition coefficient (Wildman–Crippen LogP) is 2.72. The van der Waals surface area contributed by atoms with E-state index in [2.05, 4.69) is 10.6 Å². The van der Waals surface area contributed by atoms with Crippen molar-refractivity contribution in [2.45, 2.75) is 38.9 Å². The fourth-order valence-electron chi connectivity index (χ4n) is 4.14. The molecular formula is C26H25N3O4. The maximum atomic E-state index is 12.9. The molecule has 0 spiro atoms. The van der Waals surface area contributed by atoms with Crippen LogP contribution >= 0.6 is 0 Å². The van der Waals surface area contributed by atoms with E-state index >= 15 is 0 Å². The van der Waals surface area contributed by atoms with Crippen LogP contribution in [0.3, 0.4) is 0 Å². The molecule has 2 N–H and O–H groups in total. The first-order valence-corrected chi connectivity index (χ1v) is 10.9. The molecule has 1 atom stereocenters. The Bertz CT molecular complexity index is 1170. The molecule has 0 aliphatic carbocycles. The molecule has 2 heterocycles. The van der Waals surface area contributed by atoms with E-state index in [0.717, 1.165) is 22.3 Å². The Morgan fingerprint density at radius 1 is 1.15 bits per heavy atom. The van der Waals surface area contributed by atoms with E-state index in [-0.39, 0.29) is 30.7 Å². The van der Waals surface area contributed by atoms with Crippen LogP contribution in [0.25, 0.3) is 5.57 Å². The number of carbonyl (C=O) groups is 4. The minimum absolute atomic E-state index is 0.214. The third kappa shape index (κ3) is 4.92. The first kappa shape index (κ1) is 22.2. The molecule has 168 valence electrons. The van der Waals surface area contributed by atoms with Crippen molar-refractivity contribution in [3.63, 3.8) is 0 Å². The molecule has 1 fully saturated rings. The van der Waals surface area contributed by atoms with E-state index in [1.807, 2.05) is 55.5 Å². The van der Waals surface area contributed by atoms with Crippen LogP contribution in [-0.2, 0) is 27.5 Å². The minimum Gasteiger partial charge on any atom is -0.348 e. The zero-order chi connectivity index (χ0) is 23.4. The van der Waals surface area contributed by atoms with Gasteiger partial charge in [-0.3, -0.25) is 24.5 Å². The van der Waals surface area contributed by atoms with Gasteiger partial charge in [-0.05, 0) is 47.7 Å². The molecule has 0 radical (unpaired) electrons. The summed E-state index contributed by atoms with van der Waals surface area (Å²) in [7, 11) is 0. The van der Waals surface area contributed by atoms with Gasteiger partial charge in [0, 0.05) is 31.1 Å². The van der Waals surface area contributed by atoms with E-state index in [9.17, 15) is 19.2 Å². The average molecular weight is 444 g/mol. The fraction of sp³-hybridized carbons (Fsp3) is 0.231. The largest absolute Gasteiger partial charge is 0.348 e. The standard InChI is InChI=1S/C26H25N3O4/c1-2-6-18(14-24(31)27-15-17-7-4-3-5-8-17)19-9-10-21-20(13-19)16-29(26(21)33)22-11-12-23(30)28-25(22)32/h2-10,13-14,22H,11-12,15-16H2,1H3,(H,27,31)(H,28,30,32)/b6-2-,18-14+. The highest BCUT2D eigenvalue weighted by molar-refractivity contribution is 6.05. The molecule has 33 heavy (non-hydrogen) atoms. The van der Waals surface area contributed by atoms with Gasteiger partial charge in [-0.25, -0.2) is 0 Å². The Kier molecular flexibility index (Phi) is 6.49.